The molecule has 2 nitrogen and oxygen atoms in total. The van der Waals surface area contributed by atoms with E-state index in [0.29, 0.717) is 5.56 Å². The van der Waals surface area contributed by atoms with Crippen molar-refractivity contribution in [2.24, 2.45) is 0 Å². The molecule has 0 spiro atoms. The first-order chi connectivity index (χ1) is 8.99. The summed E-state index contributed by atoms with van der Waals surface area (Å²) in [5, 5.41) is 8.91. The van der Waals surface area contributed by atoms with Gasteiger partial charge in [-0.05, 0) is 31.5 Å². The van der Waals surface area contributed by atoms with Crippen LogP contribution in [0.25, 0.3) is 0 Å². The lowest BCUT2D eigenvalue weighted by Gasteiger charge is -2.20. The fourth-order valence-electron chi connectivity index (χ4n) is 1.29. The normalized spacial score (nSPS) is 12.9. The number of nitriles is 1. The second-order valence-electron chi connectivity index (χ2n) is 4.75. The van der Waals surface area contributed by atoms with Gasteiger partial charge in [-0.15, -0.1) is 0 Å². The highest BCUT2D eigenvalue weighted by molar-refractivity contribution is 5.35. The summed E-state index contributed by atoms with van der Waals surface area (Å²) in [6.45, 7) is 1.53. The van der Waals surface area contributed by atoms with E-state index in [0.717, 1.165) is 0 Å². The van der Waals surface area contributed by atoms with E-state index in [9.17, 15) is 22.0 Å². The Morgan fingerprint density at radius 1 is 1.05 bits per heavy atom. The highest BCUT2D eigenvalue weighted by Crippen LogP contribution is 2.35. The number of nitrogens with zero attached hydrogens (tertiary/aromatic N) is 1. The lowest BCUT2D eigenvalue weighted by atomic mass is 9.86. The van der Waals surface area contributed by atoms with Gasteiger partial charge in [-0.3, -0.25) is 0 Å². The average Bonchev–Trinajstić information content (AvgIpc) is 2.35. The molecule has 0 aromatic heterocycles. The maximum absolute atomic E-state index is 12.6. The topological polar surface area (TPSA) is 33.0 Å². The molecule has 0 unspecified atom stereocenters. The second-order valence-corrected chi connectivity index (χ2v) is 4.75. The molecule has 110 valence electrons. The molecule has 0 radical (unpaired) electrons. The molecule has 0 heterocycles. The molecule has 0 aliphatic heterocycles. The maximum atomic E-state index is 12.6. The molecule has 0 N–H and O–H groups in total. The minimum atomic E-state index is -5.64. The van der Waals surface area contributed by atoms with Crippen LogP contribution in [0.4, 0.5) is 22.0 Å². The second kappa shape index (κ2) is 5.27. The fourth-order valence-corrected chi connectivity index (χ4v) is 1.29. The van der Waals surface area contributed by atoms with Crippen LogP contribution in [0.3, 0.4) is 0 Å². The SMILES string of the molecule is CC(C)(C#N)c1ccc(OCC(F)(F)C(F)(F)F)cc1. The number of halogens is 5. The number of benzene rings is 1. The molecule has 1 aromatic rings. The van der Waals surface area contributed by atoms with Gasteiger partial charge in [0.25, 0.3) is 0 Å². The van der Waals surface area contributed by atoms with Crippen LogP contribution >= 0.6 is 0 Å². The molecule has 0 aliphatic rings. The van der Waals surface area contributed by atoms with Crippen molar-refractivity contribution in [3.63, 3.8) is 0 Å². The highest BCUT2D eigenvalue weighted by atomic mass is 19.4. The molecule has 1 aromatic carbocycles. The summed E-state index contributed by atoms with van der Waals surface area (Å²) in [5.74, 6) is -5.02. The molecule has 0 saturated carbocycles. The zero-order chi connectivity index (χ0) is 15.6. The van der Waals surface area contributed by atoms with Gasteiger partial charge < -0.3 is 4.74 Å². The van der Waals surface area contributed by atoms with Crippen LogP contribution in [0.15, 0.2) is 24.3 Å². The summed E-state index contributed by atoms with van der Waals surface area (Å²) < 4.78 is 65.5. The van der Waals surface area contributed by atoms with E-state index in [1.54, 1.807) is 13.8 Å². The minimum Gasteiger partial charge on any atom is -0.487 e. The van der Waals surface area contributed by atoms with Gasteiger partial charge in [-0.2, -0.15) is 27.2 Å². The minimum absolute atomic E-state index is 0.119. The van der Waals surface area contributed by atoms with Gasteiger partial charge in [-0.1, -0.05) is 12.1 Å². The summed E-state index contributed by atoms with van der Waals surface area (Å²) in [6, 6.07) is 7.44. The predicted molar refractivity (Wildman–Crippen MR) is 61.6 cm³/mol. The van der Waals surface area contributed by atoms with Crippen molar-refractivity contribution in [1.82, 2.24) is 0 Å². The van der Waals surface area contributed by atoms with Crippen LogP contribution in [0, 0.1) is 11.3 Å². The summed E-state index contributed by atoms with van der Waals surface area (Å²) in [7, 11) is 0. The molecular formula is C13H12F5NO. The van der Waals surface area contributed by atoms with Gasteiger partial charge in [0.2, 0.25) is 0 Å². The molecule has 0 saturated heterocycles. The number of alkyl halides is 5. The Morgan fingerprint density at radius 3 is 1.95 bits per heavy atom. The average molecular weight is 293 g/mol. The van der Waals surface area contributed by atoms with Gasteiger partial charge in [0.15, 0.2) is 6.61 Å². The Kier molecular flexibility index (Phi) is 4.27. The first-order valence-corrected chi connectivity index (χ1v) is 5.59. The Balaban J connectivity index is 2.76. The van der Waals surface area contributed by atoms with E-state index < -0.39 is 24.1 Å². The van der Waals surface area contributed by atoms with Crippen LogP contribution in [0.1, 0.15) is 19.4 Å². The summed E-state index contributed by atoms with van der Waals surface area (Å²) in [6.07, 6.45) is -5.64. The lowest BCUT2D eigenvalue weighted by Crippen LogP contribution is -2.41. The van der Waals surface area contributed by atoms with E-state index in [1.807, 2.05) is 6.07 Å². The summed E-state index contributed by atoms with van der Waals surface area (Å²) in [4.78, 5) is 0. The molecule has 1 rings (SSSR count). The molecule has 0 aliphatic carbocycles. The quantitative estimate of drug-likeness (QED) is 0.784. The van der Waals surface area contributed by atoms with Crippen LogP contribution in [0.5, 0.6) is 5.75 Å². The Bertz CT molecular complexity index is 499. The van der Waals surface area contributed by atoms with Crippen LogP contribution in [-0.2, 0) is 5.41 Å². The first kappa shape index (κ1) is 16.2. The molecule has 0 fully saturated rings. The largest absolute Gasteiger partial charge is 0.487 e. The van der Waals surface area contributed by atoms with Crippen LogP contribution in [0.2, 0.25) is 0 Å². The van der Waals surface area contributed by atoms with Crippen molar-refractivity contribution >= 4 is 0 Å². The third kappa shape index (κ3) is 3.59. The zero-order valence-corrected chi connectivity index (χ0v) is 10.8. The predicted octanol–water partition coefficient (Wildman–Crippen LogP) is 4.06. The standard InChI is InChI=1S/C13H12F5NO/c1-11(2,7-19)9-3-5-10(6-4-9)20-8-12(14,15)13(16,17)18/h3-6H,8H2,1-2H3. The molecule has 20 heavy (non-hydrogen) atoms. The van der Waals surface area contributed by atoms with Crippen molar-refractivity contribution in [2.75, 3.05) is 6.61 Å². The van der Waals surface area contributed by atoms with E-state index in [4.69, 9.17) is 5.26 Å². The number of hydrogen-bond donors (Lipinski definition) is 0. The Hall–Kier alpha value is -1.84. The Labute approximate surface area is 112 Å². The van der Waals surface area contributed by atoms with Gasteiger partial charge in [0, 0.05) is 0 Å². The first-order valence-electron chi connectivity index (χ1n) is 5.59. The van der Waals surface area contributed by atoms with Gasteiger partial charge in [0.05, 0.1) is 11.5 Å². The molecule has 7 heteroatoms. The van der Waals surface area contributed by atoms with E-state index in [1.165, 1.54) is 24.3 Å². The number of ether oxygens (including phenoxy) is 1. The van der Waals surface area contributed by atoms with Crippen molar-refractivity contribution in [3.8, 4) is 11.8 Å². The van der Waals surface area contributed by atoms with E-state index >= 15 is 0 Å². The fraction of sp³-hybridized carbons (Fsp3) is 0.462. The van der Waals surface area contributed by atoms with Crippen LogP contribution in [-0.4, -0.2) is 18.7 Å². The molecule has 0 amide bonds. The monoisotopic (exact) mass is 293 g/mol. The van der Waals surface area contributed by atoms with Crippen molar-refractivity contribution in [2.45, 2.75) is 31.4 Å². The van der Waals surface area contributed by atoms with Gasteiger partial charge in [-0.25, -0.2) is 0 Å². The van der Waals surface area contributed by atoms with E-state index in [2.05, 4.69) is 4.74 Å². The third-order valence-electron chi connectivity index (χ3n) is 2.69. The highest BCUT2D eigenvalue weighted by Gasteiger charge is 2.58. The van der Waals surface area contributed by atoms with Crippen molar-refractivity contribution < 1.29 is 26.7 Å². The lowest BCUT2D eigenvalue weighted by molar-refractivity contribution is -0.290. The molecule has 0 bridgehead atoms. The summed E-state index contributed by atoms with van der Waals surface area (Å²) >= 11 is 0. The summed E-state index contributed by atoms with van der Waals surface area (Å²) in [5.41, 5.74) is -0.177. The zero-order valence-electron chi connectivity index (χ0n) is 10.8. The van der Waals surface area contributed by atoms with Crippen LogP contribution < -0.4 is 4.74 Å². The number of rotatable bonds is 4. The van der Waals surface area contributed by atoms with Crippen molar-refractivity contribution in [1.29, 1.82) is 5.26 Å². The smallest absolute Gasteiger partial charge is 0.456 e. The molecule has 0 atom stereocenters. The Morgan fingerprint density at radius 2 is 1.55 bits per heavy atom. The van der Waals surface area contributed by atoms with Crippen molar-refractivity contribution in [3.05, 3.63) is 29.8 Å². The van der Waals surface area contributed by atoms with E-state index in [-0.39, 0.29) is 5.75 Å². The maximum Gasteiger partial charge on any atom is 0.456 e. The number of hydrogen-bond acceptors (Lipinski definition) is 2. The van der Waals surface area contributed by atoms with Gasteiger partial charge >= 0.3 is 12.1 Å². The third-order valence-corrected chi connectivity index (χ3v) is 2.69. The van der Waals surface area contributed by atoms with Gasteiger partial charge in [0.1, 0.15) is 5.75 Å². The molecular weight excluding hydrogens is 281 g/mol.